The van der Waals surface area contributed by atoms with E-state index in [1.165, 1.54) is 4.88 Å². The number of hydrogen-bond donors (Lipinski definition) is 1. The van der Waals surface area contributed by atoms with Gasteiger partial charge in [0.05, 0.1) is 16.5 Å². The van der Waals surface area contributed by atoms with Gasteiger partial charge in [0.2, 0.25) is 0 Å². The summed E-state index contributed by atoms with van der Waals surface area (Å²) in [6.07, 6.45) is 2.20. The average Bonchev–Trinajstić information content (AvgIpc) is 2.75. The number of nitrogens with zero attached hydrogens (tertiary/aromatic N) is 1. The Kier molecular flexibility index (Phi) is 4.44. The fourth-order valence-electron chi connectivity index (χ4n) is 2.29. The molecular weight excluding hydrogens is 256 g/mol. The monoisotopic (exact) mass is 274 g/mol. The van der Waals surface area contributed by atoms with Crippen LogP contribution in [-0.2, 0) is 11.3 Å². The Morgan fingerprint density at radius 2 is 2.41 bits per heavy atom. The Balaban J connectivity index is 2.04. The zero-order valence-corrected chi connectivity index (χ0v) is 11.7. The molecule has 5 heteroatoms. The van der Waals surface area contributed by atoms with Gasteiger partial charge in [-0.15, -0.1) is 11.3 Å². The molecule has 2 N–H and O–H groups in total. The molecule has 1 atom stereocenters. The van der Waals surface area contributed by atoms with Crippen molar-refractivity contribution in [2.75, 3.05) is 26.8 Å². The molecule has 0 aromatic carbocycles. The molecule has 0 bridgehead atoms. The Labute approximate surface area is 112 Å². The van der Waals surface area contributed by atoms with Gasteiger partial charge in [-0.05, 0) is 32.0 Å². The first-order chi connectivity index (χ1) is 8.16. The molecule has 17 heavy (non-hydrogen) atoms. The van der Waals surface area contributed by atoms with Crippen LogP contribution in [0.3, 0.4) is 0 Å². The quantitative estimate of drug-likeness (QED) is 0.916. The molecule has 1 aromatic rings. The molecule has 0 saturated carbocycles. The van der Waals surface area contributed by atoms with E-state index in [9.17, 15) is 0 Å². The van der Waals surface area contributed by atoms with Gasteiger partial charge in [-0.3, -0.25) is 4.90 Å². The maximum absolute atomic E-state index is 5.95. The number of hydrogen-bond acceptors (Lipinski definition) is 4. The molecule has 1 unspecified atom stereocenters. The highest BCUT2D eigenvalue weighted by Gasteiger charge is 2.35. The van der Waals surface area contributed by atoms with Crippen LogP contribution in [0.4, 0.5) is 0 Å². The van der Waals surface area contributed by atoms with Crippen LogP contribution in [0.15, 0.2) is 12.1 Å². The molecule has 0 aliphatic carbocycles. The van der Waals surface area contributed by atoms with Gasteiger partial charge in [0, 0.05) is 24.6 Å². The molecule has 1 fully saturated rings. The first-order valence-corrected chi connectivity index (χ1v) is 7.09. The summed E-state index contributed by atoms with van der Waals surface area (Å²) in [6, 6.07) is 4.03. The molecule has 0 spiro atoms. The SMILES string of the molecule is CN(Cc1ccc(Cl)s1)C1(CN)CCCOC1. The smallest absolute Gasteiger partial charge is 0.0931 e. The van der Waals surface area contributed by atoms with Crippen LogP contribution >= 0.6 is 22.9 Å². The highest BCUT2D eigenvalue weighted by Crippen LogP contribution is 2.28. The Morgan fingerprint density at radius 3 is 2.94 bits per heavy atom. The second kappa shape index (κ2) is 5.67. The zero-order valence-electron chi connectivity index (χ0n) is 10.1. The van der Waals surface area contributed by atoms with Crippen molar-refractivity contribution in [3.05, 3.63) is 21.3 Å². The summed E-state index contributed by atoms with van der Waals surface area (Å²) in [6.45, 7) is 3.13. The maximum atomic E-state index is 5.95. The Morgan fingerprint density at radius 1 is 1.59 bits per heavy atom. The largest absolute Gasteiger partial charge is 0.379 e. The number of ether oxygens (including phenoxy) is 1. The summed E-state index contributed by atoms with van der Waals surface area (Å²) >= 11 is 7.58. The summed E-state index contributed by atoms with van der Waals surface area (Å²) in [5.74, 6) is 0. The second-order valence-electron chi connectivity index (χ2n) is 4.65. The normalized spacial score (nSPS) is 25.4. The average molecular weight is 275 g/mol. The standard InChI is InChI=1S/C12H19ClN2OS/c1-15(7-10-3-4-11(13)17-10)12(8-14)5-2-6-16-9-12/h3-4H,2,5-9,14H2,1H3. The van der Waals surface area contributed by atoms with Crippen LogP contribution in [0, 0.1) is 0 Å². The number of nitrogens with two attached hydrogens (primary N) is 1. The van der Waals surface area contributed by atoms with Crippen LogP contribution in [0.25, 0.3) is 0 Å². The van der Waals surface area contributed by atoms with Crippen molar-refractivity contribution in [1.29, 1.82) is 0 Å². The van der Waals surface area contributed by atoms with E-state index < -0.39 is 0 Å². The van der Waals surface area contributed by atoms with E-state index in [-0.39, 0.29) is 5.54 Å². The predicted molar refractivity (Wildman–Crippen MR) is 72.6 cm³/mol. The minimum absolute atomic E-state index is 0.00524. The topological polar surface area (TPSA) is 38.5 Å². The molecular formula is C12H19ClN2OS. The van der Waals surface area contributed by atoms with Gasteiger partial charge in [0.15, 0.2) is 0 Å². The van der Waals surface area contributed by atoms with E-state index in [0.29, 0.717) is 6.54 Å². The van der Waals surface area contributed by atoms with Gasteiger partial charge in [0.1, 0.15) is 0 Å². The van der Waals surface area contributed by atoms with E-state index >= 15 is 0 Å². The highest BCUT2D eigenvalue weighted by atomic mass is 35.5. The van der Waals surface area contributed by atoms with Gasteiger partial charge >= 0.3 is 0 Å². The van der Waals surface area contributed by atoms with Crippen molar-refractivity contribution >= 4 is 22.9 Å². The fraction of sp³-hybridized carbons (Fsp3) is 0.667. The summed E-state index contributed by atoms with van der Waals surface area (Å²) in [7, 11) is 2.12. The number of rotatable bonds is 4. The molecule has 2 rings (SSSR count). The molecule has 96 valence electrons. The molecule has 0 radical (unpaired) electrons. The van der Waals surface area contributed by atoms with E-state index in [2.05, 4.69) is 18.0 Å². The van der Waals surface area contributed by atoms with Crippen LogP contribution in [0.1, 0.15) is 17.7 Å². The van der Waals surface area contributed by atoms with E-state index in [4.69, 9.17) is 22.1 Å². The van der Waals surface area contributed by atoms with Crippen molar-refractivity contribution < 1.29 is 4.74 Å². The molecule has 0 amide bonds. The van der Waals surface area contributed by atoms with Gasteiger partial charge in [-0.1, -0.05) is 11.6 Å². The Bertz CT molecular complexity index is 363. The summed E-state index contributed by atoms with van der Waals surface area (Å²) in [5, 5.41) is 0. The highest BCUT2D eigenvalue weighted by molar-refractivity contribution is 7.16. The summed E-state index contributed by atoms with van der Waals surface area (Å²) < 4.78 is 6.44. The lowest BCUT2D eigenvalue weighted by Gasteiger charge is -2.43. The van der Waals surface area contributed by atoms with Crippen molar-refractivity contribution in [3.63, 3.8) is 0 Å². The van der Waals surface area contributed by atoms with E-state index in [0.717, 1.165) is 36.9 Å². The first kappa shape index (κ1) is 13.3. The van der Waals surface area contributed by atoms with Crippen molar-refractivity contribution in [2.24, 2.45) is 5.73 Å². The van der Waals surface area contributed by atoms with Gasteiger partial charge in [0.25, 0.3) is 0 Å². The fourth-order valence-corrected chi connectivity index (χ4v) is 3.43. The van der Waals surface area contributed by atoms with Crippen LogP contribution in [-0.4, -0.2) is 37.2 Å². The minimum Gasteiger partial charge on any atom is -0.379 e. The molecule has 1 aliphatic rings. The zero-order chi connectivity index (χ0) is 12.3. The van der Waals surface area contributed by atoms with Crippen molar-refractivity contribution in [1.82, 2.24) is 4.90 Å². The minimum atomic E-state index is -0.00524. The lowest BCUT2D eigenvalue weighted by atomic mass is 9.91. The Hall–Kier alpha value is -0.130. The molecule has 1 aliphatic heterocycles. The van der Waals surface area contributed by atoms with Crippen LogP contribution in [0.2, 0.25) is 4.34 Å². The summed E-state index contributed by atoms with van der Waals surface area (Å²) in [4.78, 5) is 3.59. The van der Waals surface area contributed by atoms with Crippen molar-refractivity contribution in [2.45, 2.75) is 24.9 Å². The molecule has 2 heterocycles. The number of likely N-dealkylation sites (N-methyl/N-ethyl adjacent to an activating group) is 1. The number of thiophene rings is 1. The van der Waals surface area contributed by atoms with Gasteiger partial charge < -0.3 is 10.5 Å². The third-order valence-electron chi connectivity index (χ3n) is 3.51. The lowest BCUT2D eigenvalue weighted by molar-refractivity contribution is -0.0371. The summed E-state index contributed by atoms with van der Waals surface area (Å²) in [5.41, 5.74) is 5.95. The van der Waals surface area contributed by atoms with Crippen LogP contribution in [0.5, 0.6) is 0 Å². The second-order valence-corrected chi connectivity index (χ2v) is 6.45. The molecule has 1 saturated heterocycles. The third kappa shape index (κ3) is 3.01. The van der Waals surface area contributed by atoms with Crippen molar-refractivity contribution in [3.8, 4) is 0 Å². The maximum Gasteiger partial charge on any atom is 0.0931 e. The van der Waals surface area contributed by atoms with E-state index in [1.54, 1.807) is 11.3 Å². The third-order valence-corrected chi connectivity index (χ3v) is 4.73. The predicted octanol–water partition coefficient (Wildman–Crippen LogP) is 2.34. The first-order valence-electron chi connectivity index (χ1n) is 5.89. The lowest BCUT2D eigenvalue weighted by Crippen LogP contribution is -2.56. The molecule has 3 nitrogen and oxygen atoms in total. The van der Waals surface area contributed by atoms with E-state index in [1.807, 2.05) is 6.07 Å². The molecule has 1 aromatic heterocycles. The number of halogens is 1. The van der Waals surface area contributed by atoms with Gasteiger partial charge in [-0.25, -0.2) is 0 Å². The van der Waals surface area contributed by atoms with Crippen LogP contribution < -0.4 is 5.73 Å². The van der Waals surface area contributed by atoms with Gasteiger partial charge in [-0.2, -0.15) is 0 Å².